The zero-order chi connectivity index (χ0) is 19.1. The van der Waals surface area contributed by atoms with Gasteiger partial charge in [-0.3, -0.25) is 4.90 Å². The fourth-order valence-corrected chi connectivity index (χ4v) is 3.25. The van der Waals surface area contributed by atoms with Crippen LogP contribution in [0.1, 0.15) is 12.8 Å². The van der Waals surface area contributed by atoms with E-state index in [0.29, 0.717) is 17.2 Å². The molecule has 1 N–H and O–H groups in total. The van der Waals surface area contributed by atoms with Crippen LogP contribution in [0.5, 0.6) is 23.0 Å². The highest BCUT2D eigenvalue weighted by Crippen LogP contribution is 2.40. The van der Waals surface area contributed by atoms with E-state index in [1.807, 2.05) is 36.4 Å². The summed E-state index contributed by atoms with van der Waals surface area (Å²) in [6, 6.07) is 11.7. The Balaban J connectivity index is 1.60. The van der Waals surface area contributed by atoms with E-state index < -0.39 is 0 Å². The molecule has 1 aliphatic rings. The Bertz CT molecular complexity index is 702. The summed E-state index contributed by atoms with van der Waals surface area (Å²) in [5, 5.41) is 3.35. The average Bonchev–Trinajstić information content (AvgIpc) is 3.22. The molecular formula is C21H28N2O4. The number of ether oxygens (including phenoxy) is 4. The fraction of sp³-hybridized carbons (Fsp3) is 0.429. The molecular weight excluding hydrogens is 344 g/mol. The number of anilines is 2. The molecule has 0 bridgehead atoms. The van der Waals surface area contributed by atoms with Crippen molar-refractivity contribution in [2.24, 2.45) is 0 Å². The highest BCUT2D eigenvalue weighted by Gasteiger charge is 2.13. The number of methoxy groups -OCH3 is 3. The van der Waals surface area contributed by atoms with Crippen LogP contribution in [0.4, 0.5) is 11.4 Å². The zero-order valence-electron chi connectivity index (χ0n) is 16.3. The van der Waals surface area contributed by atoms with Gasteiger partial charge in [0.05, 0.1) is 21.3 Å². The van der Waals surface area contributed by atoms with Gasteiger partial charge in [0, 0.05) is 30.1 Å². The fourth-order valence-electron chi connectivity index (χ4n) is 3.25. The molecule has 6 nitrogen and oxygen atoms in total. The summed E-state index contributed by atoms with van der Waals surface area (Å²) in [4.78, 5) is 2.44. The van der Waals surface area contributed by atoms with Gasteiger partial charge in [-0.25, -0.2) is 0 Å². The SMILES string of the molecule is COc1cc(Nc2ccc(OCCN3CCCC3)cc2)cc(OC)c1OC. The second-order valence-corrected chi connectivity index (χ2v) is 6.46. The van der Waals surface area contributed by atoms with Gasteiger partial charge in [0.2, 0.25) is 5.75 Å². The second kappa shape index (κ2) is 9.37. The van der Waals surface area contributed by atoms with E-state index in [4.69, 9.17) is 18.9 Å². The van der Waals surface area contributed by atoms with Crippen molar-refractivity contribution in [2.45, 2.75) is 12.8 Å². The lowest BCUT2D eigenvalue weighted by molar-refractivity contribution is 0.238. The molecule has 0 aliphatic carbocycles. The van der Waals surface area contributed by atoms with Crippen molar-refractivity contribution in [1.82, 2.24) is 4.90 Å². The monoisotopic (exact) mass is 372 g/mol. The third-order valence-electron chi connectivity index (χ3n) is 4.68. The molecule has 1 aliphatic heterocycles. The summed E-state index contributed by atoms with van der Waals surface area (Å²) < 4.78 is 22.0. The molecule has 0 amide bonds. The lowest BCUT2D eigenvalue weighted by atomic mass is 10.2. The predicted molar refractivity (Wildman–Crippen MR) is 107 cm³/mol. The number of likely N-dealkylation sites (tertiary alicyclic amines) is 1. The lowest BCUT2D eigenvalue weighted by Crippen LogP contribution is -2.25. The normalized spacial score (nSPS) is 14.0. The first-order chi connectivity index (χ1) is 13.2. The summed E-state index contributed by atoms with van der Waals surface area (Å²) in [6.07, 6.45) is 2.61. The summed E-state index contributed by atoms with van der Waals surface area (Å²) >= 11 is 0. The third-order valence-corrected chi connectivity index (χ3v) is 4.68. The summed E-state index contributed by atoms with van der Waals surface area (Å²) in [6.45, 7) is 4.10. The van der Waals surface area contributed by atoms with Gasteiger partial charge in [-0.15, -0.1) is 0 Å². The van der Waals surface area contributed by atoms with Crippen LogP contribution in [0.25, 0.3) is 0 Å². The van der Waals surface area contributed by atoms with Crippen molar-refractivity contribution in [3.05, 3.63) is 36.4 Å². The number of rotatable bonds is 9. The van der Waals surface area contributed by atoms with E-state index in [1.54, 1.807) is 21.3 Å². The van der Waals surface area contributed by atoms with Gasteiger partial charge < -0.3 is 24.3 Å². The van der Waals surface area contributed by atoms with Crippen LogP contribution in [-0.2, 0) is 0 Å². The first-order valence-corrected chi connectivity index (χ1v) is 9.25. The van der Waals surface area contributed by atoms with Crippen LogP contribution in [0.2, 0.25) is 0 Å². The second-order valence-electron chi connectivity index (χ2n) is 6.46. The first kappa shape index (κ1) is 19.2. The molecule has 27 heavy (non-hydrogen) atoms. The Morgan fingerprint density at radius 3 is 2.04 bits per heavy atom. The summed E-state index contributed by atoms with van der Waals surface area (Å²) in [5.41, 5.74) is 1.81. The largest absolute Gasteiger partial charge is 0.493 e. The maximum absolute atomic E-state index is 5.85. The highest BCUT2D eigenvalue weighted by molar-refractivity contribution is 5.68. The Hall–Kier alpha value is -2.60. The van der Waals surface area contributed by atoms with Gasteiger partial charge in [0.15, 0.2) is 11.5 Å². The number of hydrogen-bond donors (Lipinski definition) is 1. The molecule has 1 heterocycles. The van der Waals surface area contributed by atoms with Gasteiger partial charge in [-0.2, -0.15) is 0 Å². The van der Waals surface area contributed by atoms with Crippen molar-refractivity contribution in [1.29, 1.82) is 0 Å². The molecule has 3 rings (SSSR count). The van der Waals surface area contributed by atoms with E-state index in [2.05, 4.69) is 10.2 Å². The van der Waals surface area contributed by atoms with E-state index in [9.17, 15) is 0 Å². The van der Waals surface area contributed by atoms with Crippen LogP contribution in [0.15, 0.2) is 36.4 Å². The molecule has 0 unspecified atom stereocenters. The van der Waals surface area contributed by atoms with Gasteiger partial charge in [-0.05, 0) is 50.2 Å². The van der Waals surface area contributed by atoms with Crippen LogP contribution >= 0.6 is 0 Å². The lowest BCUT2D eigenvalue weighted by Gasteiger charge is -2.16. The molecule has 1 saturated heterocycles. The molecule has 146 valence electrons. The Labute approximate surface area is 161 Å². The minimum atomic E-state index is 0.576. The van der Waals surface area contributed by atoms with Crippen molar-refractivity contribution < 1.29 is 18.9 Å². The van der Waals surface area contributed by atoms with Gasteiger partial charge in [0.1, 0.15) is 12.4 Å². The van der Waals surface area contributed by atoms with Crippen molar-refractivity contribution >= 4 is 11.4 Å². The van der Waals surface area contributed by atoms with Gasteiger partial charge >= 0.3 is 0 Å². The van der Waals surface area contributed by atoms with Crippen LogP contribution in [0.3, 0.4) is 0 Å². The zero-order valence-corrected chi connectivity index (χ0v) is 16.3. The molecule has 1 fully saturated rings. The number of hydrogen-bond acceptors (Lipinski definition) is 6. The Morgan fingerprint density at radius 2 is 1.48 bits per heavy atom. The Morgan fingerprint density at radius 1 is 0.852 bits per heavy atom. The molecule has 2 aromatic carbocycles. The van der Waals surface area contributed by atoms with Crippen LogP contribution < -0.4 is 24.3 Å². The van der Waals surface area contributed by atoms with Crippen molar-refractivity contribution in [3.8, 4) is 23.0 Å². The molecule has 0 atom stereocenters. The molecule has 0 spiro atoms. The summed E-state index contributed by atoms with van der Waals surface area (Å²) in [5.74, 6) is 2.68. The molecule has 0 radical (unpaired) electrons. The minimum absolute atomic E-state index is 0.576. The van der Waals surface area contributed by atoms with Crippen molar-refractivity contribution in [2.75, 3.05) is 52.9 Å². The Kier molecular flexibility index (Phi) is 6.65. The third kappa shape index (κ3) is 4.98. The number of nitrogens with zero attached hydrogens (tertiary/aromatic N) is 1. The molecule has 0 saturated carbocycles. The standard InChI is InChI=1S/C21H28N2O4/c1-24-19-14-17(15-20(25-2)21(19)26-3)22-16-6-8-18(9-7-16)27-13-12-23-10-4-5-11-23/h6-9,14-15,22H,4-5,10-13H2,1-3H3. The quantitative estimate of drug-likeness (QED) is 0.720. The van der Waals surface area contributed by atoms with E-state index in [0.717, 1.165) is 30.3 Å². The number of nitrogens with one attached hydrogen (secondary N) is 1. The van der Waals surface area contributed by atoms with E-state index in [1.165, 1.54) is 25.9 Å². The predicted octanol–water partition coefficient (Wildman–Crippen LogP) is 3.93. The molecule has 2 aromatic rings. The van der Waals surface area contributed by atoms with E-state index >= 15 is 0 Å². The van der Waals surface area contributed by atoms with Crippen LogP contribution in [-0.4, -0.2) is 52.5 Å². The number of benzene rings is 2. The molecule has 0 aromatic heterocycles. The maximum Gasteiger partial charge on any atom is 0.203 e. The van der Waals surface area contributed by atoms with Crippen molar-refractivity contribution in [3.63, 3.8) is 0 Å². The molecule has 6 heteroatoms. The minimum Gasteiger partial charge on any atom is -0.493 e. The van der Waals surface area contributed by atoms with E-state index in [-0.39, 0.29) is 0 Å². The topological polar surface area (TPSA) is 52.2 Å². The average molecular weight is 372 g/mol. The highest BCUT2D eigenvalue weighted by atomic mass is 16.5. The summed E-state index contributed by atoms with van der Waals surface area (Å²) in [7, 11) is 4.81. The maximum atomic E-state index is 5.85. The first-order valence-electron chi connectivity index (χ1n) is 9.25. The smallest absolute Gasteiger partial charge is 0.203 e. The van der Waals surface area contributed by atoms with Gasteiger partial charge in [0.25, 0.3) is 0 Å². The van der Waals surface area contributed by atoms with Gasteiger partial charge in [-0.1, -0.05) is 0 Å². The van der Waals surface area contributed by atoms with Crippen LogP contribution in [0, 0.1) is 0 Å².